The largest absolute Gasteiger partial charge is 0.507 e. The molecular formula is C28H35NO7. The minimum Gasteiger partial charge on any atom is -0.507 e. The molecule has 0 spiro atoms. The van der Waals surface area contributed by atoms with E-state index in [1.165, 1.54) is 12.0 Å². The maximum atomic E-state index is 13.2. The molecule has 0 aromatic heterocycles. The number of hydrogen-bond donors (Lipinski definition) is 1. The van der Waals surface area contributed by atoms with Crippen molar-refractivity contribution in [2.75, 3.05) is 27.4 Å². The molecule has 36 heavy (non-hydrogen) atoms. The number of rotatable bonds is 11. The highest BCUT2D eigenvalue weighted by molar-refractivity contribution is 6.46. The van der Waals surface area contributed by atoms with Crippen molar-refractivity contribution in [2.45, 2.75) is 52.4 Å². The number of carbonyl (C=O) groups is 2. The Hall–Kier alpha value is -3.52. The number of Topliss-reactive ketones (excluding diaryl/α,β-unsaturated/α-hetero) is 1. The maximum absolute atomic E-state index is 13.2. The summed E-state index contributed by atoms with van der Waals surface area (Å²) in [7, 11) is 3.11. The lowest BCUT2D eigenvalue weighted by Gasteiger charge is -2.26. The first-order valence-electron chi connectivity index (χ1n) is 12.1. The molecule has 8 heteroatoms. The summed E-state index contributed by atoms with van der Waals surface area (Å²) in [5.41, 5.74) is 1.02. The van der Waals surface area contributed by atoms with E-state index in [0.717, 1.165) is 0 Å². The van der Waals surface area contributed by atoms with Gasteiger partial charge in [0, 0.05) is 25.8 Å². The summed E-state index contributed by atoms with van der Waals surface area (Å²) in [5.74, 6) is -0.109. The molecule has 1 N–H and O–H groups in total. The SMILES string of the molecule is COCCCN1C(=O)C(=O)/C(=C(\O)c2cccc(OC(C)C)c2)C1c1ccc(OC(C)C)c(OC)c1. The Morgan fingerprint density at radius 3 is 2.33 bits per heavy atom. The van der Waals surface area contributed by atoms with Crippen molar-refractivity contribution < 1.29 is 33.6 Å². The summed E-state index contributed by atoms with van der Waals surface area (Å²) in [6.45, 7) is 8.33. The summed E-state index contributed by atoms with van der Waals surface area (Å²) in [5, 5.41) is 11.3. The van der Waals surface area contributed by atoms with Gasteiger partial charge in [-0.15, -0.1) is 0 Å². The number of aliphatic hydroxyl groups is 1. The van der Waals surface area contributed by atoms with Gasteiger partial charge in [-0.3, -0.25) is 9.59 Å². The van der Waals surface area contributed by atoms with Crippen molar-refractivity contribution in [2.24, 2.45) is 0 Å². The van der Waals surface area contributed by atoms with Gasteiger partial charge in [-0.05, 0) is 63.9 Å². The van der Waals surface area contributed by atoms with E-state index in [2.05, 4.69) is 0 Å². The van der Waals surface area contributed by atoms with E-state index in [-0.39, 0.29) is 30.1 Å². The van der Waals surface area contributed by atoms with E-state index < -0.39 is 17.7 Å². The third kappa shape index (κ3) is 5.99. The van der Waals surface area contributed by atoms with Gasteiger partial charge in [0.15, 0.2) is 11.5 Å². The average Bonchev–Trinajstić information content (AvgIpc) is 3.08. The van der Waals surface area contributed by atoms with E-state index in [9.17, 15) is 14.7 Å². The van der Waals surface area contributed by atoms with Gasteiger partial charge >= 0.3 is 0 Å². The van der Waals surface area contributed by atoms with E-state index in [1.54, 1.807) is 49.6 Å². The van der Waals surface area contributed by atoms with E-state index in [1.807, 2.05) is 27.7 Å². The van der Waals surface area contributed by atoms with Crippen molar-refractivity contribution in [1.82, 2.24) is 4.90 Å². The Morgan fingerprint density at radius 2 is 1.69 bits per heavy atom. The van der Waals surface area contributed by atoms with Crippen LogP contribution in [0.4, 0.5) is 0 Å². The predicted molar refractivity (Wildman–Crippen MR) is 136 cm³/mol. The quantitative estimate of drug-likeness (QED) is 0.208. The summed E-state index contributed by atoms with van der Waals surface area (Å²) in [4.78, 5) is 27.8. The first-order valence-corrected chi connectivity index (χ1v) is 12.1. The molecule has 2 aromatic rings. The van der Waals surface area contributed by atoms with Crippen LogP contribution in [-0.2, 0) is 14.3 Å². The van der Waals surface area contributed by atoms with Crippen LogP contribution in [0.3, 0.4) is 0 Å². The third-order valence-electron chi connectivity index (χ3n) is 5.63. The Balaban J connectivity index is 2.14. The van der Waals surface area contributed by atoms with Crippen LogP contribution in [0.25, 0.3) is 5.76 Å². The van der Waals surface area contributed by atoms with Crippen LogP contribution in [0.15, 0.2) is 48.0 Å². The van der Waals surface area contributed by atoms with Crippen molar-refractivity contribution in [3.8, 4) is 17.2 Å². The van der Waals surface area contributed by atoms with Crippen LogP contribution in [-0.4, -0.2) is 61.3 Å². The van der Waals surface area contributed by atoms with Crippen molar-refractivity contribution in [3.05, 3.63) is 59.2 Å². The molecule has 0 bridgehead atoms. The molecule has 0 aliphatic carbocycles. The number of carbonyl (C=O) groups excluding carboxylic acids is 2. The lowest BCUT2D eigenvalue weighted by molar-refractivity contribution is -0.140. The van der Waals surface area contributed by atoms with Crippen LogP contribution >= 0.6 is 0 Å². The number of ketones is 1. The van der Waals surface area contributed by atoms with Gasteiger partial charge in [0.1, 0.15) is 11.5 Å². The number of likely N-dealkylation sites (tertiary alicyclic amines) is 1. The average molecular weight is 498 g/mol. The van der Waals surface area contributed by atoms with Gasteiger partial charge < -0.3 is 29.0 Å². The number of ether oxygens (including phenoxy) is 4. The normalized spacial score (nSPS) is 17.2. The molecule has 2 aromatic carbocycles. The molecule has 8 nitrogen and oxygen atoms in total. The fourth-order valence-electron chi connectivity index (χ4n) is 4.19. The van der Waals surface area contributed by atoms with Crippen molar-refractivity contribution in [1.29, 1.82) is 0 Å². The Bertz CT molecular complexity index is 1120. The summed E-state index contributed by atoms with van der Waals surface area (Å²) < 4.78 is 22.3. The van der Waals surface area contributed by atoms with Crippen LogP contribution in [0.1, 0.15) is 51.3 Å². The fourth-order valence-corrected chi connectivity index (χ4v) is 4.19. The number of amides is 1. The second-order valence-electron chi connectivity index (χ2n) is 9.11. The molecule has 194 valence electrons. The lowest BCUT2D eigenvalue weighted by Crippen LogP contribution is -2.31. The topological polar surface area (TPSA) is 94.5 Å². The minimum absolute atomic E-state index is 0.0127. The highest BCUT2D eigenvalue weighted by Crippen LogP contribution is 2.42. The highest BCUT2D eigenvalue weighted by atomic mass is 16.5. The van der Waals surface area contributed by atoms with Gasteiger partial charge in [-0.1, -0.05) is 18.2 Å². The monoisotopic (exact) mass is 497 g/mol. The van der Waals surface area contributed by atoms with Crippen LogP contribution < -0.4 is 14.2 Å². The van der Waals surface area contributed by atoms with Gasteiger partial charge in [0.2, 0.25) is 0 Å². The number of methoxy groups -OCH3 is 2. The zero-order valence-corrected chi connectivity index (χ0v) is 21.7. The van der Waals surface area contributed by atoms with Crippen LogP contribution in [0, 0.1) is 0 Å². The molecule has 1 unspecified atom stereocenters. The number of benzene rings is 2. The predicted octanol–water partition coefficient (Wildman–Crippen LogP) is 4.73. The third-order valence-corrected chi connectivity index (χ3v) is 5.63. The van der Waals surface area contributed by atoms with E-state index in [4.69, 9.17) is 18.9 Å². The molecule has 1 fully saturated rings. The Morgan fingerprint density at radius 1 is 0.972 bits per heavy atom. The van der Waals surface area contributed by atoms with E-state index >= 15 is 0 Å². The molecule has 1 saturated heterocycles. The molecular weight excluding hydrogens is 462 g/mol. The first-order chi connectivity index (χ1) is 17.2. The Kier molecular flexibility index (Phi) is 8.98. The van der Waals surface area contributed by atoms with E-state index in [0.29, 0.717) is 41.4 Å². The maximum Gasteiger partial charge on any atom is 0.295 e. The van der Waals surface area contributed by atoms with Gasteiger partial charge in [0.25, 0.3) is 11.7 Å². The lowest BCUT2D eigenvalue weighted by atomic mass is 9.95. The second-order valence-corrected chi connectivity index (χ2v) is 9.11. The molecule has 1 heterocycles. The summed E-state index contributed by atoms with van der Waals surface area (Å²) in [6.07, 6.45) is 0.404. The first kappa shape index (κ1) is 27.1. The number of hydrogen-bond acceptors (Lipinski definition) is 7. The van der Waals surface area contributed by atoms with Gasteiger partial charge in [0.05, 0.1) is 30.9 Å². The highest BCUT2D eigenvalue weighted by Gasteiger charge is 2.46. The molecule has 1 aliphatic heterocycles. The summed E-state index contributed by atoms with van der Waals surface area (Å²) >= 11 is 0. The summed E-state index contributed by atoms with van der Waals surface area (Å²) in [6, 6.07) is 11.3. The standard InChI is InChI=1S/C28H35NO7/c1-17(2)35-21-10-7-9-20(15-21)26(30)24-25(29(13-8-14-33-5)28(32)27(24)31)19-11-12-22(36-18(3)4)23(16-19)34-6/h7,9-12,15-18,25,30H,8,13-14H2,1-6H3/b26-24-. The second kappa shape index (κ2) is 11.9. The zero-order valence-electron chi connectivity index (χ0n) is 21.7. The molecule has 0 saturated carbocycles. The Labute approximate surface area is 212 Å². The number of nitrogens with zero attached hydrogens (tertiary/aromatic N) is 1. The smallest absolute Gasteiger partial charge is 0.295 e. The molecule has 0 radical (unpaired) electrons. The van der Waals surface area contributed by atoms with Gasteiger partial charge in [-0.2, -0.15) is 0 Å². The van der Waals surface area contributed by atoms with Crippen molar-refractivity contribution in [3.63, 3.8) is 0 Å². The molecule has 3 rings (SSSR count). The van der Waals surface area contributed by atoms with Crippen LogP contribution in [0.2, 0.25) is 0 Å². The zero-order chi connectivity index (χ0) is 26.4. The van der Waals surface area contributed by atoms with Gasteiger partial charge in [-0.25, -0.2) is 0 Å². The molecule has 1 amide bonds. The number of aliphatic hydroxyl groups excluding tert-OH is 1. The molecule has 1 aliphatic rings. The van der Waals surface area contributed by atoms with Crippen LogP contribution in [0.5, 0.6) is 17.2 Å². The molecule has 1 atom stereocenters. The minimum atomic E-state index is -0.807. The van der Waals surface area contributed by atoms with Crippen molar-refractivity contribution >= 4 is 17.4 Å². The fraction of sp³-hybridized carbons (Fsp3) is 0.429.